The van der Waals surface area contributed by atoms with Gasteiger partial charge in [0.25, 0.3) is 0 Å². The molecule has 0 radical (unpaired) electrons. The minimum atomic E-state index is 0.150. The van der Waals surface area contributed by atoms with Crippen molar-refractivity contribution in [3.8, 4) is 28.4 Å². The maximum absolute atomic E-state index is 10.9. The summed E-state index contributed by atoms with van der Waals surface area (Å²) in [5.74, 6) is 4.79. The van der Waals surface area contributed by atoms with Crippen LogP contribution >= 0.6 is 11.8 Å². The summed E-state index contributed by atoms with van der Waals surface area (Å²) in [7, 11) is 0. The van der Waals surface area contributed by atoms with Gasteiger partial charge in [-0.05, 0) is 71.7 Å². The Morgan fingerprint density at radius 1 is 1.03 bits per heavy atom. The molecule has 0 aromatic heterocycles. The molecule has 1 heterocycles. The number of rotatable bonds is 11. The summed E-state index contributed by atoms with van der Waals surface area (Å²) in [6, 6.07) is 18.7. The second kappa shape index (κ2) is 11.5. The van der Waals surface area contributed by atoms with Gasteiger partial charge in [0, 0.05) is 29.7 Å². The maximum atomic E-state index is 10.9. The van der Waals surface area contributed by atoms with E-state index in [0.29, 0.717) is 19.6 Å². The smallest absolute Gasteiger partial charge is 0.126 e. The summed E-state index contributed by atoms with van der Waals surface area (Å²) in [5, 5.41) is 0. The van der Waals surface area contributed by atoms with Crippen molar-refractivity contribution in [2.45, 2.75) is 39.7 Å². The van der Waals surface area contributed by atoms with Gasteiger partial charge in [0.05, 0.1) is 13.2 Å². The van der Waals surface area contributed by atoms with E-state index in [-0.39, 0.29) is 5.92 Å². The standard InChI is InChI=1S/C29H32O4S/c1-4-34-13-12-31-26-14-20(2)29(21(3)15-26)23-7-5-6-22(16-23)18-32-25-8-9-27-24(10-11-30)19-33-28(27)17-25/h5-9,11,14-17,24H,4,10,12-13,18-19H2,1-3H3. The molecular formula is C29H32O4S. The van der Waals surface area contributed by atoms with Crippen molar-refractivity contribution in [3.63, 3.8) is 0 Å². The fourth-order valence-electron chi connectivity index (χ4n) is 4.47. The number of carbonyl (C=O) groups excluding carboxylic acids is 1. The van der Waals surface area contributed by atoms with E-state index in [9.17, 15) is 4.79 Å². The number of hydrogen-bond donors (Lipinski definition) is 0. The van der Waals surface area contributed by atoms with Crippen molar-refractivity contribution in [1.82, 2.24) is 0 Å². The zero-order valence-corrected chi connectivity index (χ0v) is 21.0. The van der Waals surface area contributed by atoms with Crippen LogP contribution in [0.2, 0.25) is 0 Å². The summed E-state index contributed by atoms with van der Waals surface area (Å²) in [4.78, 5) is 10.9. The van der Waals surface area contributed by atoms with E-state index in [1.165, 1.54) is 22.3 Å². The van der Waals surface area contributed by atoms with Crippen LogP contribution in [0.5, 0.6) is 17.2 Å². The first-order valence-electron chi connectivity index (χ1n) is 11.8. The van der Waals surface area contributed by atoms with Crippen LogP contribution in [0.15, 0.2) is 54.6 Å². The second-order valence-electron chi connectivity index (χ2n) is 8.58. The highest BCUT2D eigenvalue weighted by Crippen LogP contribution is 2.38. The number of ether oxygens (including phenoxy) is 3. The zero-order chi connectivity index (χ0) is 23.9. The molecule has 1 aliphatic rings. The third kappa shape index (κ3) is 5.76. The highest BCUT2D eigenvalue weighted by atomic mass is 32.2. The molecule has 4 nitrogen and oxygen atoms in total. The Hall–Kier alpha value is -2.92. The van der Waals surface area contributed by atoms with Crippen LogP contribution in [0.1, 0.15) is 41.5 Å². The van der Waals surface area contributed by atoms with Crippen molar-refractivity contribution >= 4 is 18.0 Å². The van der Waals surface area contributed by atoms with E-state index in [0.717, 1.165) is 52.8 Å². The molecule has 5 heteroatoms. The van der Waals surface area contributed by atoms with E-state index in [2.05, 4.69) is 57.2 Å². The van der Waals surface area contributed by atoms with Crippen LogP contribution in [0.4, 0.5) is 0 Å². The van der Waals surface area contributed by atoms with Crippen LogP contribution in [-0.2, 0) is 11.4 Å². The van der Waals surface area contributed by atoms with Gasteiger partial charge in [-0.1, -0.05) is 31.2 Å². The van der Waals surface area contributed by atoms with Gasteiger partial charge in [0.1, 0.15) is 30.1 Å². The van der Waals surface area contributed by atoms with Crippen LogP contribution < -0.4 is 14.2 Å². The average Bonchev–Trinajstić information content (AvgIpc) is 3.23. The number of thioether (sulfide) groups is 1. The van der Waals surface area contributed by atoms with E-state index in [1.807, 2.05) is 30.0 Å². The minimum Gasteiger partial charge on any atom is -0.493 e. The molecule has 0 bridgehead atoms. The molecule has 3 aromatic carbocycles. The lowest BCUT2D eigenvalue weighted by molar-refractivity contribution is -0.108. The lowest BCUT2D eigenvalue weighted by Crippen LogP contribution is -2.02. The van der Waals surface area contributed by atoms with E-state index in [4.69, 9.17) is 14.2 Å². The number of aryl methyl sites for hydroxylation is 2. The molecule has 34 heavy (non-hydrogen) atoms. The van der Waals surface area contributed by atoms with Gasteiger partial charge in [0.15, 0.2) is 0 Å². The van der Waals surface area contributed by atoms with Crippen LogP contribution in [0.3, 0.4) is 0 Å². The first-order chi connectivity index (χ1) is 16.6. The first kappa shape index (κ1) is 24.2. The fraction of sp³-hybridized carbons (Fsp3) is 0.345. The highest BCUT2D eigenvalue weighted by Gasteiger charge is 2.24. The molecule has 178 valence electrons. The van der Waals surface area contributed by atoms with Crippen molar-refractivity contribution in [2.24, 2.45) is 0 Å². The largest absolute Gasteiger partial charge is 0.493 e. The molecule has 0 saturated heterocycles. The Balaban J connectivity index is 1.44. The second-order valence-corrected chi connectivity index (χ2v) is 9.97. The number of hydrogen-bond acceptors (Lipinski definition) is 5. The lowest BCUT2D eigenvalue weighted by Gasteiger charge is -2.15. The lowest BCUT2D eigenvalue weighted by atomic mass is 9.94. The molecule has 3 aromatic rings. The normalized spacial score (nSPS) is 14.4. The number of fused-ring (bicyclic) bond motifs is 1. The SMILES string of the molecule is CCSCCOc1cc(C)c(-c2cccc(COc3ccc4c(c3)OCC4CC=O)c2)c(C)c1. The quantitative estimate of drug-likeness (QED) is 0.226. The predicted molar refractivity (Wildman–Crippen MR) is 140 cm³/mol. The molecule has 0 saturated carbocycles. The zero-order valence-electron chi connectivity index (χ0n) is 20.1. The van der Waals surface area contributed by atoms with Crippen LogP contribution in [0, 0.1) is 13.8 Å². The summed E-state index contributed by atoms with van der Waals surface area (Å²) < 4.78 is 17.8. The monoisotopic (exact) mass is 476 g/mol. The van der Waals surface area contributed by atoms with Crippen molar-refractivity contribution in [2.75, 3.05) is 24.7 Å². The minimum absolute atomic E-state index is 0.150. The molecule has 1 aliphatic heterocycles. The van der Waals surface area contributed by atoms with Crippen LogP contribution in [0.25, 0.3) is 11.1 Å². The molecule has 0 spiro atoms. The third-order valence-electron chi connectivity index (χ3n) is 6.07. The first-order valence-corrected chi connectivity index (χ1v) is 13.0. The van der Waals surface area contributed by atoms with Gasteiger partial charge in [-0.3, -0.25) is 0 Å². The van der Waals surface area contributed by atoms with Crippen LogP contribution in [-0.4, -0.2) is 31.0 Å². The molecule has 4 rings (SSSR count). The molecule has 1 atom stereocenters. The summed E-state index contributed by atoms with van der Waals surface area (Å²) in [5.41, 5.74) is 7.02. The summed E-state index contributed by atoms with van der Waals surface area (Å²) >= 11 is 1.89. The fourth-order valence-corrected chi connectivity index (χ4v) is 4.96. The Morgan fingerprint density at radius 3 is 2.62 bits per heavy atom. The van der Waals surface area contributed by atoms with Crippen molar-refractivity contribution in [1.29, 1.82) is 0 Å². The van der Waals surface area contributed by atoms with Gasteiger partial charge >= 0.3 is 0 Å². The number of benzene rings is 3. The van der Waals surface area contributed by atoms with Gasteiger partial charge in [-0.2, -0.15) is 11.8 Å². The molecule has 0 N–H and O–H groups in total. The van der Waals surface area contributed by atoms with E-state index in [1.54, 1.807) is 0 Å². The van der Waals surface area contributed by atoms with Gasteiger partial charge < -0.3 is 19.0 Å². The highest BCUT2D eigenvalue weighted by molar-refractivity contribution is 7.99. The summed E-state index contributed by atoms with van der Waals surface area (Å²) in [6.07, 6.45) is 1.45. The van der Waals surface area contributed by atoms with Crippen molar-refractivity contribution < 1.29 is 19.0 Å². The van der Waals surface area contributed by atoms with E-state index < -0.39 is 0 Å². The Labute approximate surface area is 206 Å². The topological polar surface area (TPSA) is 44.8 Å². The van der Waals surface area contributed by atoms with Gasteiger partial charge in [0.2, 0.25) is 0 Å². The Morgan fingerprint density at radius 2 is 1.85 bits per heavy atom. The predicted octanol–water partition coefficient (Wildman–Crippen LogP) is 6.75. The Kier molecular flexibility index (Phi) is 8.17. The molecule has 0 aliphatic carbocycles. The Bertz CT molecular complexity index is 1120. The van der Waals surface area contributed by atoms with Gasteiger partial charge in [-0.15, -0.1) is 0 Å². The molecule has 0 fully saturated rings. The number of aldehydes is 1. The van der Waals surface area contributed by atoms with E-state index >= 15 is 0 Å². The molecular weight excluding hydrogens is 444 g/mol. The average molecular weight is 477 g/mol. The third-order valence-corrected chi connectivity index (χ3v) is 6.94. The molecule has 0 amide bonds. The summed E-state index contributed by atoms with van der Waals surface area (Å²) in [6.45, 7) is 8.20. The molecule has 1 unspecified atom stereocenters. The maximum Gasteiger partial charge on any atom is 0.126 e. The number of carbonyl (C=O) groups is 1. The van der Waals surface area contributed by atoms with Crippen molar-refractivity contribution in [3.05, 3.63) is 76.9 Å². The van der Waals surface area contributed by atoms with Gasteiger partial charge in [-0.25, -0.2) is 0 Å².